The smallest absolute Gasteiger partial charge is 0.303 e. The lowest BCUT2D eigenvalue weighted by molar-refractivity contribution is -0.191. The van der Waals surface area contributed by atoms with Crippen molar-refractivity contribution >= 4 is 46.9 Å². The second kappa shape index (κ2) is 12.5. The molecular weight excluding hydrogens is 591 g/mol. The fourth-order valence-corrected chi connectivity index (χ4v) is 5.73. The highest BCUT2D eigenvalue weighted by Gasteiger charge is 2.48. The molecule has 0 amide bonds. The van der Waals surface area contributed by atoms with Gasteiger partial charge in [0, 0.05) is 36.4 Å². The molecule has 2 unspecified atom stereocenters. The maximum absolute atomic E-state index is 14.1. The SMILES string of the molecule is CC(=O)OCC1O[C@H](Sc2cnc(C#N)c(Cl)c2)C(C)[C@@H](n2cc(-c3cc(F)c(Cl)c(F)c3)nn2)[C@H]1OC(C)=O. The summed E-state index contributed by atoms with van der Waals surface area (Å²) in [4.78, 5) is 28.3. The second-order valence-electron chi connectivity index (χ2n) is 8.84. The monoisotopic (exact) mass is 611 g/mol. The average Bonchev–Trinajstić information content (AvgIpc) is 3.37. The first-order chi connectivity index (χ1) is 19.0. The van der Waals surface area contributed by atoms with Crippen LogP contribution in [-0.4, -0.2) is 56.2 Å². The zero-order valence-electron chi connectivity index (χ0n) is 21.2. The summed E-state index contributed by atoms with van der Waals surface area (Å²) in [5, 5.41) is 16.9. The van der Waals surface area contributed by atoms with E-state index in [9.17, 15) is 18.4 Å². The molecule has 1 aromatic carbocycles. The van der Waals surface area contributed by atoms with E-state index in [0.29, 0.717) is 4.90 Å². The minimum Gasteiger partial charge on any atom is -0.463 e. The molecule has 1 saturated heterocycles. The van der Waals surface area contributed by atoms with E-state index in [2.05, 4.69) is 15.3 Å². The van der Waals surface area contributed by atoms with Gasteiger partial charge in [0.05, 0.1) is 17.3 Å². The van der Waals surface area contributed by atoms with Gasteiger partial charge in [-0.3, -0.25) is 9.59 Å². The standard InChI is InChI=1S/C25H21Cl2F2N5O5S/c1-11-23(34-9-20(32-33-34)14-4-17(28)22(27)18(29)5-14)24(38-13(3)36)21(10-37-12(2)35)39-25(11)40-15-6-16(26)19(7-30)31-8-15/h4-6,8-9,11,21,23-25H,10H2,1-3H3/t11?,21?,23-,24+,25-/m1/s1. The molecule has 3 heterocycles. The van der Waals surface area contributed by atoms with Gasteiger partial charge in [0.15, 0.2) is 11.8 Å². The molecule has 0 N–H and O–H groups in total. The number of esters is 2. The normalized spacial score (nSPS) is 22.4. The van der Waals surface area contributed by atoms with Gasteiger partial charge in [-0.15, -0.1) is 5.10 Å². The molecule has 0 saturated carbocycles. The van der Waals surface area contributed by atoms with Crippen LogP contribution in [0.15, 0.2) is 35.5 Å². The number of benzene rings is 1. The van der Waals surface area contributed by atoms with Crippen molar-refractivity contribution < 1.29 is 32.6 Å². The zero-order chi connectivity index (χ0) is 29.1. The van der Waals surface area contributed by atoms with Crippen molar-refractivity contribution in [1.29, 1.82) is 5.26 Å². The third-order valence-electron chi connectivity index (χ3n) is 6.00. The van der Waals surface area contributed by atoms with Crippen LogP contribution in [0.5, 0.6) is 0 Å². The molecule has 4 rings (SSSR count). The Kier molecular flexibility index (Phi) is 9.25. The molecule has 1 fully saturated rings. The van der Waals surface area contributed by atoms with Crippen molar-refractivity contribution in [2.75, 3.05) is 6.61 Å². The molecule has 10 nitrogen and oxygen atoms in total. The third-order valence-corrected chi connectivity index (χ3v) is 7.92. The molecule has 2 aromatic heterocycles. The second-order valence-corrected chi connectivity index (χ2v) is 10.8. The summed E-state index contributed by atoms with van der Waals surface area (Å²) in [6.45, 7) is 4.04. The Hall–Kier alpha value is -3.31. The van der Waals surface area contributed by atoms with Gasteiger partial charge in [-0.2, -0.15) is 5.26 Å². The molecule has 0 radical (unpaired) electrons. The number of nitriles is 1. The van der Waals surface area contributed by atoms with Gasteiger partial charge in [-0.1, -0.05) is 47.1 Å². The number of halogens is 4. The summed E-state index contributed by atoms with van der Waals surface area (Å²) in [5.74, 6) is -3.55. The van der Waals surface area contributed by atoms with E-state index in [1.54, 1.807) is 6.07 Å². The number of carbonyl (C=O) groups excluding carboxylic acids is 2. The molecule has 40 heavy (non-hydrogen) atoms. The van der Waals surface area contributed by atoms with Crippen molar-refractivity contribution in [3.63, 3.8) is 0 Å². The van der Waals surface area contributed by atoms with Gasteiger partial charge in [0.2, 0.25) is 0 Å². The molecule has 0 spiro atoms. The number of nitrogens with zero attached hydrogens (tertiary/aromatic N) is 5. The first-order valence-electron chi connectivity index (χ1n) is 11.7. The first-order valence-corrected chi connectivity index (χ1v) is 13.4. The largest absolute Gasteiger partial charge is 0.463 e. The number of carbonyl (C=O) groups is 2. The van der Waals surface area contributed by atoms with Crippen LogP contribution in [0.3, 0.4) is 0 Å². The summed E-state index contributed by atoms with van der Waals surface area (Å²) in [5.41, 5.74) is -0.343. The molecule has 1 aliphatic heterocycles. The van der Waals surface area contributed by atoms with Crippen molar-refractivity contribution in [2.24, 2.45) is 5.92 Å². The number of hydrogen-bond acceptors (Lipinski definition) is 10. The Balaban J connectivity index is 1.73. The summed E-state index contributed by atoms with van der Waals surface area (Å²) >= 11 is 13.0. The van der Waals surface area contributed by atoms with Gasteiger partial charge in [-0.05, 0) is 18.2 Å². The number of ether oxygens (including phenoxy) is 3. The molecule has 1 aliphatic rings. The Morgan fingerprint density at radius 2 is 1.90 bits per heavy atom. The third kappa shape index (κ3) is 6.52. The number of thioether (sulfide) groups is 1. The van der Waals surface area contributed by atoms with Crippen molar-refractivity contribution in [3.05, 3.63) is 58.0 Å². The summed E-state index contributed by atoms with van der Waals surface area (Å²) in [6, 6.07) is 4.80. The van der Waals surface area contributed by atoms with Crippen LogP contribution in [0.4, 0.5) is 8.78 Å². The molecule has 210 valence electrons. The van der Waals surface area contributed by atoms with E-state index >= 15 is 0 Å². The molecular formula is C25H21Cl2F2N5O5S. The van der Waals surface area contributed by atoms with E-state index in [1.807, 2.05) is 13.0 Å². The predicted octanol–water partition coefficient (Wildman–Crippen LogP) is 4.99. The lowest BCUT2D eigenvalue weighted by Crippen LogP contribution is -2.53. The number of pyridine rings is 1. The Labute approximate surface area is 241 Å². The predicted molar refractivity (Wildman–Crippen MR) is 139 cm³/mol. The lowest BCUT2D eigenvalue weighted by atomic mass is 9.90. The molecule has 0 aliphatic carbocycles. The maximum Gasteiger partial charge on any atom is 0.303 e. The Bertz CT molecular complexity index is 1460. The van der Waals surface area contributed by atoms with Gasteiger partial charge < -0.3 is 14.2 Å². The Morgan fingerprint density at radius 3 is 2.50 bits per heavy atom. The summed E-state index contributed by atoms with van der Waals surface area (Å²) in [7, 11) is 0. The number of rotatable bonds is 7. The quantitative estimate of drug-likeness (QED) is 0.266. The highest BCUT2D eigenvalue weighted by atomic mass is 35.5. The fourth-order valence-electron chi connectivity index (χ4n) is 4.21. The fraction of sp³-hybridized carbons (Fsp3) is 0.360. The minimum absolute atomic E-state index is 0.0642. The van der Waals surface area contributed by atoms with E-state index in [0.717, 1.165) is 12.1 Å². The maximum atomic E-state index is 14.1. The Morgan fingerprint density at radius 1 is 1.20 bits per heavy atom. The highest BCUT2D eigenvalue weighted by molar-refractivity contribution is 7.99. The number of hydrogen-bond donors (Lipinski definition) is 0. The van der Waals surface area contributed by atoms with Crippen LogP contribution < -0.4 is 0 Å². The van der Waals surface area contributed by atoms with E-state index in [1.165, 1.54) is 42.7 Å². The van der Waals surface area contributed by atoms with Crippen LogP contribution >= 0.6 is 35.0 Å². The van der Waals surface area contributed by atoms with E-state index in [4.69, 9.17) is 42.7 Å². The van der Waals surface area contributed by atoms with Crippen LogP contribution in [-0.2, 0) is 23.8 Å². The van der Waals surface area contributed by atoms with Gasteiger partial charge in [-0.25, -0.2) is 18.4 Å². The topological polar surface area (TPSA) is 129 Å². The molecule has 5 atom stereocenters. The van der Waals surface area contributed by atoms with Gasteiger partial charge >= 0.3 is 11.9 Å². The van der Waals surface area contributed by atoms with Crippen LogP contribution in [0.1, 0.15) is 32.5 Å². The summed E-state index contributed by atoms with van der Waals surface area (Å²) in [6.07, 6.45) is 1.01. The molecule has 15 heteroatoms. The lowest BCUT2D eigenvalue weighted by Gasteiger charge is -2.44. The van der Waals surface area contributed by atoms with Crippen molar-refractivity contribution in [1.82, 2.24) is 20.0 Å². The zero-order valence-corrected chi connectivity index (χ0v) is 23.5. The van der Waals surface area contributed by atoms with E-state index in [-0.39, 0.29) is 28.6 Å². The first kappa shape index (κ1) is 29.7. The average molecular weight is 612 g/mol. The van der Waals surface area contributed by atoms with Crippen LogP contribution in [0, 0.1) is 28.9 Å². The molecule has 3 aromatic rings. The summed E-state index contributed by atoms with van der Waals surface area (Å²) < 4.78 is 46.7. The van der Waals surface area contributed by atoms with Crippen molar-refractivity contribution in [3.8, 4) is 17.3 Å². The van der Waals surface area contributed by atoms with E-state index < -0.39 is 58.2 Å². The van der Waals surface area contributed by atoms with Crippen LogP contribution in [0.25, 0.3) is 11.3 Å². The number of aromatic nitrogens is 4. The van der Waals surface area contributed by atoms with Gasteiger partial charge in [0.25, 0.3) is 0 Å². The molecule has 0 bridgehead atoms. The highest BCUT2D eigenvalue weighted by Crippen LogP contribution is 2.43. The van der Waals surface area contributed by atoms with Gasteiger partial charge in [0.1, 0.15) is 46.6 Å². The van der Waals surface area contributed by atoms with Crippen molar-refractivity contribution in [2.45, 2.75) is 49.4 Å². The van der Waals surface area contributed by atoms with Crippen LogP contribution in [0.2, 0.25) is 10.0 Å². The minimum atomic E-state index is -0.986.